The third-order valence-electron chi connectivity index (χ3n) is 4.62. The van der Waals surface area contributed by atoms with E-state index in [9.17, 15) is 9.59 Å². The summed E-state index contributed by atoms with van der Waals surface area (Å²) in [6.07, 6.45) is 3.67. The zero-order chi connectivity index (χ0) is 14.8. The molecule has 1 fully saturated rings. The molecule has 0 unspecified atom stereocenters. The third-order valence-corrected chi connectivity index (χ3v) is 4.62. The van der Waals surface area contributed by atoms with Crippen molar-refractivity contribution in [1.82, 2.24) is 0 Å². The fraction of sp³-hybridized carbons (Fsp3) is 0.571. The second-order valence-electron chi connectivity index (χ2n) is 5.42. The van der Waals surface area contributed by atoms with Crippen molar-refractivity contribution in [3.05, 3.63) is 24.2 Å². The van der Waals surface area contributed by atoms with Crippen molar-refractivity contribution >= 4 is 11.6 Å². The molecule has 6 heteroatoms. The summed E-state index contributed by atoms with van der Waals surface area (Å²) < 4.78 is 21.9. The summed E-state index contributed by atoms with van der Waals surface area (Å²) in [7, 11) is 2.83. The van der Waals surface area contributed by atoms with E-state index < -0.39 is 28.7 Å². The highest BCUT2D eigenvalue weighted by Gasteiger charge is 2.73. The number of hydrogen-bond donors (Lipinski definition) is 0. The van der Waals surface area contributed by atoms with Crippen LogP contribution in [0.5, 0.6) is 0 Å². The summed E-state index contributed by atoms with van der Waals surface area (Å²) in [5, 5.41) is 0. The number of ether oxygens (including phenoxy) is 4. The smallest absolute Gasteiger partial charge is 0.233 e. The topological polar surface area (TPSA) is 71.1 Å². The van der Waals surface area contributed by atoms with Crippen molar-refractivity contribution in [3.8, 4) is 0 Å². The van der Waals surface area contributed by atoms with Gasteiger partial charge in [0.05, 0.1) is 13.4 Å². The molecule has 0 aromatic heterocycles. The zero-order valence-electron chi connectivity index (χ0n) is 11.8. The molecule has 6 nitrogen and oxygen atoms in total. The maximum Gasteiger partial charge on any atom is 0.233 e. The second kappa shape index (κ2) is 3.71. The molecule has 3 heterocycles. The Kier molecular flexibility index (Phi) is 2.47. The fourth-order valence-corrected chi connectivity index (χ4v) is 3.09. The van der Waals surface area contributed by atoms with E-state index in [1.165, 1.54) is 32.6 Å². The van der Waals surface area contributed by atoms with Gasteiger partial charge in [0, 0.05) is 7.11 Å². The van der Waals surface area contributed by atoms with Crippen LogP contribution in [-0.2, 0) is 28.5 Å². The maximum atomic E-state index is 12.8. The maximum absolute atomic E-state index is 12.8. The second-order valence-corrected chi connectivity index (χ2v) is 5.42. The molecule has 0 aliphatic carbocycles. The van der Waals surface area contributed by atoms with Gasteiger partial charge in [-0.25, -0.2) is 0 Å². The standard InChI is InChI=1S/C14H16O6/c1-12-10(15)8(17-3)7-9(20-12)14(18-4)5-6-19-13(12,2)11(14)16/h5-7,9H,1-4H3/t9-,12+,13-,14+/m1/s1. The van der Waals surface area contributed by atoms with Gasteiger partial charge in [-0.15, -0.1) is 0 Å². The summed E-state index contributed by atoms with van der Waals surface area (Å²) in [5.74, 6) is -0.580. The molecule has 0 radical (unpaired) electrons. The Morgan fingerprint density at radius 3 is 2.50 bits per heavy atom. The van der Waals surface area contributed by atoms with Crippen LogP contribution in [0.15, 0.2) is 24.2 Å². The SMILES string of the molecule is COC1=C[C@H]2O[C@@](C)(C1=O)[C@]1(C)OC=C[C@@]2(OC)C1=O. The van der Waals surface area contributed by atoms with E-state index in [1.807, 2.05) is 0 Å². The number of carbonyl (C=O) groups is 2. The van der Waals surface area contributed by atoms with Crippen molar-refractivity contribution in [2.45, 2.75) is 36.8 Å². The minimum Gasteiger partial charge on any atom is -0.493 e. The first-order valence-electron chi connectivity index (χ1n) is 6.30. The van der Waals surface area contributed by atoms with E-state index in [4.69, 9.17) is 18.9 Å². The van der Waals surface area contributed by atoms with E-state index >= 15 is 0 Å². The minimum absolute atomic E-state index is 0.155. The monoisotopic (exact) mass is 280 g/mol. The van der Waals surface area contributed by atoms with Crippen molar-refractivity contribution in [2.75, 3.05) is 14.2 Å². The van der Waals surface area contributed by atoms with Crippen LogP contribution in [0.1, 0.15) is 13.8 Å². The first kappa shape index (κ1) is 13.3. The molecule has 3 aliphatic rings. The van der Waals surface area contributed by atoms with Crippen molar-refractivity contribution < 1.29 is 28.5 Å². The van der Waals surface area contributed by atoms with Crippen LogP contribution in [-0.4, -0.2) is 48.7 Å². The van der Waals surface area contributed by atoms with E-state index in [1.54, 1.807) is 13.8 Å². The van der Waals surface area contributed by atoms with Gasteiger partial charge in [0.15, 0.2) is 17.0 Å². The quantitative estimate of drug-likeness (QED) is 0.734. The third kappa shape index (κ3) is 1.17. The molecule has 20 heavy (non-hydrogen) atoms. The van der Waals surface area contributed by atoms with Gasteiger partial charge < -0.3 is 18.9 Å². The molecule has 3 aliphatic heterocycles. The molecule has 0 amide bonds. The van der Waals surface area contributed by atoms with Crippen LogP contribution < -0.4 is 0 Å². The number of ketones is 2. The number of rotatable bonds is 2. The lowest BCUT2D eigenvalue weighted by Crippen LogP contribution is -2.78. The summed E-state index contributed by atoms with van der Waals surface area (Å²) in [4.78, 5) is 25.4. The Morgan fingerprint density at radius 1 is 1.20 bits per heavy atom. The molecule has 0 aromatic carbocycles. The Labute approximate surface area is 116 Å². The van der Waals surface area contributed by atoms with Crippen LogP contribution in [0, 0.1) is 0 Å². The number of Topliss-reactive ketones (excluding diaryl/α,β-unsaturated/α-hetero) is 2. The predicted molar refractivity (Wildman–Crippen MR) is 66.8 cm³/mol. The minimum atomic E-state index is -1.45. The molecule has 3 rings (SSSR count). The van der Waals surface area contributed by atoms with Crippen molar-refractivity contribution in [1.29, 1.82) is 0 Å². The normalized spacial score (nSPS) is 45.8. The lowest BCUT2D eigenvalue weighted by Gasteiger charge is -2.57. The molecule has 0 spiro atoms. The Morgan fingerprint density at radius 2 is 1.90 bits per heavy atom. The van der Waals surface area contributed by atoms with Gasteiger partial charge in [-0.1, -0.05) is 0 Å². The molecule has 0 N–H and O–H groups in total. The van der Waals surface area contributed by atoms with Gasteiger partial charge in [0.1, 0.15) is 6.10 Å². The summed E-state index contributed by atoms with van der Waals surface area (Å²) in [5.41, 5.74) is -4.19. The molecule has 4 bridgehead atoms. The average Bonchev–Trinajstić information content (AvgIpc) is 2.43. The van der Waals surface area contributed by atoms with E-state index in [-0.39, 0.29) is 11.5 Å². The van der Waals surface area contributed by atoms with Gasteiger partial charge in [-0.3, -0.25) is 9.59 Å². The van der Waals surface area contributed by atoms with Crippen LogP contribution >= 0.6 is 0 Å². The first-order valence-corrected chi connectivity index (χ1v) is 6.30. The average molecular weight is 280 g/mol. The number of fused-ring (bicyclic) bond motifs is 6. The van der Waals surface area contributed by atoms with E-state index in [0.717, 1.165) is 0 Å². The molecule has 0 saturated carbocycles. The first-order chi connectivity index (χ1) is 9.35. The van der Waals surface area contributed by atoms with Gasteiger partial charge in [0.25, 0.3) is 0 Å². The van der Waals surface area contributed by atoms with Crippen LogP contribution in [0.2, 0.25) is 0 Å². The van der Waals surface area contributed by atoms with E-state index in [2.05, 4.69) is 0 Å². The molecular formula is C14H16O6. The van der Waals surface area contributed by atoms with Crippen LogP contribution in [0.3, 0.4) is 0 Å². The number of hydrogen-bond acceptors (Lipinski definition) is 6. The summed E-state index contributed by atoms with van der Waals surface area (Å²) in [6.45, 7) is 3.09. The van der Waals surface area contributed by atoms with Gasteiger partial charge in [-0.2, -0.15) is 0 Å². The summed E-state index contributed by atoms with van der Waals surface area (Å²) in [6, 6.07) is 0. The number of methoxy groups -OCH3 is 2. The Balaban J connectivity index is 2.29. The van der Waals surface area contributed by atoms with Gasteiger partial charge in [-0.05, 0) is 26.0 Å². The van der Waals surface area contributed by atoms with Crippen molar-refractivity contribution in [3.63, 3.8) is 0 Å². The molecular weight excluding hydrogens is 264 g/mol. The highest BCUT2D eigenvalue weighted by molar-refractivity contribution is 6.12. The van der Waals surface area contributed by atoms with Crippen molar-refractivity contribution in [2.24, 2.45) is 0 Å². The largest absolute Gasteiger partial charge is 0.493 e. The summed E-state index contributed by atoms with van der Waals surface area (Å²) >= 11 is 0. The lowest BCUT2D eigenvalue weighted by atomic mass is 9.65. The molecule has 0 aromatic rings. The highest BCUT2D eigenvalue weighted by Crippen LogP contribution is 2.50. The fourth-order valence-electron chi connectivity index (χ4n) is 3.09. The Bertz CT molecular complexity index is 562. The van der Waals surface area contributed by atoms with E-state index in [0.29, 0.717) is 0 Å². The lowest BCUT2D eigenvalue weighted by molar-refractivity contribution is -0.255. The Hall–Kier alpha value is -1.66. The highest BCUT2D eigenvalue weighted by atomic mass is 16.6. The molecule has 4 atom stereocenters. The van der Waals surface area contributed by atoms with Crippen LogP contribution in [0.4, 0.5) is 0 Å². The predicted octanol–water partition coefficient (Wildman–Crippen LogP) is 0.514. The molecule has 1 saturated heterocycles. The zero-order valence-corrected chi connectivity index (χ0v) is 11.8. The van der Waals surface area contributed by atoms with Gasteiger partial charge >= 0.3 is 0 Å². The molecule has 108 valence electrons. The van der Waals surface area contributed by atoms with Gasteiger partial charge in [0.2, 0.25) is 17.2 Å². The number of carbonyl (C=O) groups excluding carboxylic acids is 2. The van der Waals surface area contributed by atoms with Crippen LogP contribution in [0.25, 0.3) is 0 Å².